The van der Waals surface area contributed by atoms with Crippen LogP contribution in [-0.2, 0) is 0 Å². The largest absolute Gasteiger partial charge is 0.396 e. The molecule has 0 radical (unpaired) electrons. The maximum Gasteiger partial charge on any atom is 0.134 e. The standard InChI is InChI=1S/C11H16ClN3O/c12-10-6-11(14-8-13-10)15-4-1-2-9(7-15)3-5-16/h6,8-9,16H,1-5,7H2. The third kappa shape index (κ3) is 2.83. The quantitative estimate of drug-likeness (QED) is 0.819. The average molecular weight is 242 g/mol. The smallest absolute Gasteiger partial charge is 0.134 e. The molecule has 0 aromatic carbocycles. The van der Waals surface area contributed by atoms with Crippen molar-refractivity contribution >= 4 is 17.4 Å². The molecule has 1 aliphatic heterocycles. The molecule has 1 atom stereocenters. The lowest BCUT2D eigenvalue weighted by Gasteiger charge is -2.33. The second-order valence-corrected chi connectivity index (χ2v) is 4.55. The highest BCUT2D eigenvalue weighted by Crippen LogP contribution is 2.24. The molecule has 1 aromatic rings. The Morgan fingerprint density at radius 1 is 1.50 bits per heavy atom. The van der Waals surface area contributed by atoms with Gasteiger partial charge in [-0.2, -0.15) is 0 Å². The molecule has 2 heterocycles. The molecule has 1 aromatic heterocycles. The SMILES string of the molecule is OCCC1CCCN(c2cc(Cl)ncn2)C1. The Hall–Kier alpha value is -0.870. The van der Waals surface area contributed by atoms with E-state index >= 15 is 0 Å². The molecule has 0 amide bonds. The van der Waals surface area contributed by atoms with Gasteiger partial charge in [0.1, 0.15) is 17.3 Å². The summed E-state index contributed by atoms with van der Waals surface area (Å²) in [6.07, 6.45) is 4.70. The molecular weight excluding hydrogens is 226 g/mol. The second-order valence-electron chi connectivity index (χ2n) is 4.17. The van der Waals surface area contributed by atoms with E-state index in [9.17, 15) is 0 Å². The Morgan fingerprint density at radius 2 is 2.38 bits per heavy atom. The molecule has 16 heavy (non-hydrogen) atoms. The molecule has 1 N–H and O–H groups in total. The Kier molecular flexibility index (Phi) is 3.96. The summed E-state index contributed by atoms with van der Waals surface area (Å²) in [5.74, 6) is 1.45. The number of aliphatic hydroxyl groups excluding tert-OH is 1. The van der Waals surface area contributed by atoms with Crippen molar-refractivity contribution in [3.63, 3.8) is 0 Å². The number of aromatic nitrogens is 2. The molecular formula is C11H16ClN3O. The van der Waals surface area contributed by atoms with Crippen molar-refractivity contribution in [1.82, 2.24) is 9.97 Å². The molecule has 1 unspecified atom stereocenters. The normalized spacial score (nSPS) is 21.1. The van der Waals surface area contributed by atoms with E-state index in [-0.39, 0.29) is 6.61 Å². The van der Waals surface area contributed by atoms with Gasteiger partial charge in [-0.15, -0.1) is 0 Å². The molecule has 0 saturated carbocycles. The van der Waals surface area contributed by atoms with Crippen LogP contribution in [0.15, 0.2) is 12.4 Å². The molecule has 4 nitrogen and oxygen atoms in total. The first-order valence-corrected chi connectivity index (χ1v) is 6.00. The first kappa shape index (κ1) is 11.6. The van der Waals surface area contributed by atoms with Crippen molar-refractivity contribution < 1.29 is 5.11 Å². The van der Waals surface area contributed by atoms with Crippen LogP contribution in [0.25, 0.3) is 0 Å². The highest BCUT2D eigenvalue weighted by molar-refractivity contribution is 6.29. The molecule has 5 heteroatoms. The minimum absolute atomic E-state index is 0.267. The van der Waals surface area contributed by atoms with Crippen molar-refractivity contribution in [2.45, 2.75) is 19.3 Å². The van der Waals surface area contributed by atoms with E-state index in [1.54, 1.807) is 6.07 Å². The summed E-state index contributed by atoms with van der Waals surface area (Å²) in [6.45, 7) is 2.23. The Bertz CT molecular complexity index is 346. The van der Waals surface area contributed by atoms with Gasteiger partial charge in [-0.1, -0.05) is 11.6 Å². The van der Waals surface area contributed by atoms with Gasteiger partial charge in [0.15, 0.2) is 0 Å². The highest BCUT2D eigenvalue weighted by atomic mass is 35.5. The highest BCUT2D eigenvalue weighted by Gasteiger charge is 2.20. The molecule has 0 aliphatic carbocycles. The van der Waals surface area contributed by atoms with Gasteiger partial charge in [0.2, 0.25) is 0 Å². The summed E-state index contributed by atoms with van der Waals surface area (Å²) in [5, 5.41) is 9.44. The summed E-state index contributed by atoms with van der Waals surface area (Å²) >= 11 is 5.84. The number of piperidine rings is 1. The summed E-state index contributed by atoms with van der Waals surface area (Å²) in [7, 11) is 0. The minimum Gasteiger partial charge on any atom is -0.396 e. The zero-order valence-corrected chi connectivity index (χ0v) is 9.90. The van der Waals surface area contributed by atoms with Gasteiger partial charge in [-0.25, -0.2) is 9.97 Å². The number of nitrogens with zero attached hydrogens (tertiary/aromatic N) is 3. The monoisotopic (exact) mass is 241 g/mol. The Morgan fingerprint density at radius 3 is 3.12 bits per heavy atom. The number of aliphatic hydroxyl groups is 1. The number of hydrogen-bond acceptors (Lipinski definition) is 4. The summed E-state index contributed by atoms with van der Waals surface area (Å²) in [6, 6.07) is 1.79. The minimum atomic E-state index is 0.267. The van der Waals surface area contributed by atoms with Gasteiger partial charge >= 0.3 is 0 Å². The predicted molar refractivity (Wildman–Crippen MR) is 63.7 cm³/mol. The molecule has 88 valence electrons. The van der Waals surface area contributed by atoms with E-state index in [0.717, 1.165) is 31.7 Å². The lowest BCUT2D eigenvalue weighted by molar-refractivity contribution is 0.244. The summed E-state index contributed by atoms with van der Waals surface area (Å²) in [5.41, 5.74) is 0. The predicted octanol–water partition coefficient (Wildman–Crippen LogP) is 1.73. The van der Waals surface area contributed by atoms with E-state index < -0.39 is 0 Å². The lowest BCUT2D eigenvalue weighted by atomic mass is 9.95. The zero-order valence-electron chi connectivity index (χ0n) is 9.14. The van der Waals surface area contributed by atoms with E-state index in [1.165, 1.54) is 12.7 Å². The van der Waals surface area contributed by atoms with Gasteiger partial charge in [-0.3, -0.25) is 0 Å². The number of rotatable bonds is 3. The van der Waals surface area contributed by atoms with Crippen molar-refractivity contribution in [3.8, 4) is 0 Å². The Labute approximate surface area is 100 Å². The van der Waals surface area contributed by atoms with Crippen LogP contribution in [0.2, 0.25) is 5.15 Å². The van der Waals surface area contributed by atoms with Gasteiger partial charge in [-0.05, 0) is 25.2 Å². The number of hydrogen-bond donors (Lipinski definition) is 1. The Balaban J connectivity index is 2.03. The summed E-state index contributed by atoms with van der Waals surface area (Å²) in [4.78, 5) is 10.3. The van der Waals surface area contributed by atoms with Crippen molar-refractivity contribution in [2.24, 2.45) is 5.92 Å². The van der Waals surface area contributed by atoms with E-state index in [1.807, 2.05) is 0 Å². The van der Waals surface area contributed by atoms with Crippen molar-refractivity contribution in [2.75, 3.05) is 24.6 Å². The van der Waals surface area contributed by atoms with Gasteiger partial charge in [0.05, 0.1) is 0 Å². The van der Waals surface area contributed by atoms with Crippen LogP contribution in [-0.4, -0.2) is 34.8 Å². The molecule has 1 aliphatic rings. The summed E-state index contributed by atoms with van der Waals surface area (Å²) < 4.78 is 0. The third-order valence-electron chi connectivity index (χ3n) is 3.00. The van der Waals surface area contributed by atoms with Gasteiger partial charge in [0, 0.05) is 25.8 Å². The maximum atomic E-state index is 8.95. The van der Waals surface area contributed by atoms with Crippen LogP contribution in [0.1, 0.15) is 19.3 Å². The topological polar surface area (TPSA) is 49.2 Å². The van der Waals surface area contributed by atoms with Crippen molar-refractivity contribution in [1.29, 1.82) is 0 Å². The van der Waals surface area contributed by atoms with Crippen LogP contribution < -0.4 is 4.90 Å². The van der Waals surface area contributed by atoms with Crippen LogP contribution in [0, 0.1) is 5.92 Å². The molecule has 2 rings (SSSR count). The zero-order chi connectivity index (χ0) is 11.4. The molecule has 0 spiro atoms. The molecule has 0 bridgehead atoms. The second kappa shape index (κ2) is 5.46. The van der Waals surface area contributed by atoms with E-state index in [2.05, 4.69) is 14.9 Å². The fourth-order valence-electron chi connectivity index (χ4n) is 2.19. The van der Waals surface area contributed by atoms with Crippen LogP contribution in [0.3, 0.4) is 0 Å². The fourth-order valence-corrected chi connectivity index (χ4v) is 2.33. The number of anilines is 1. The van der Waals surface area contributed by atoms with Crippen molar-refractivity contribution in [3.05, 3.63) is 17.5 Å². The van der Waals surface area contributed by atoms with Crippen LogP contribution in [0.5, 0.6) is 0 Å². The average Bonchev–Trinajstić information content (AvgIpc) is 2.30. The maximum absolute atomic E-state index is 8.95. The third-order valence-corrected chi connectivity index (χ3v) is 3.21. The van der Waals surface area contributed by atoms with E-state index in [4.69, 9.17) is 16.7 Å². The van der Waals surface area contributed by atoms with Crippen LogP contribution in [0.4, 0.5) is 5.82 Å². The number of halogens is 1. The first-order chi connectivity index (χ1) is 7.79. The van der Waals surface area contributed by atoms with Crippen LogP contribution >= 0.6 is 11.6 Å². The lowest BCUT2D eigenvalue weighted by Crippen LogP contribution is -2.36. The first-order valence-electron chi connectivity index (χ1n) is 5.63. The van der Waals surface area contributed by atoms with Gasteiger partial charge in [0.25, 0.3) is 0 Å². The van der Waals surface area contributed by atoms with E-state index in [0.29, 0.717) is 11.1 Å². The molecule has 1 saturated heterocycles. The van der Waals surface area contributed by atoms with Gasteiger partial charge < -0.3 is 10.0 Å². The molecule has 1 fully saturated rings. The fraction of sp³-hybridized carbons (Fsp3) is 0.636.